The van der Waals surface area contributed by atoms with Gasteiger partial charge in [-0.2, -0.15) is 0 Å². The molecule has 1 heterocycles. The minimum absolute atomic E-state index is 0.00549. The van der Waals surface area contributed by atoms with Crippen LogP contribution in [0.25, 0.3) is 0 Å². The first-order valence-electron chi connectivity index (χ1n) is 12.4. The molecule has 0 saturated carbocycles. The molecule has 0 aromatic heterocycles. The monoisotopic (exact) mass is 568 g/mol. The zero-order valence-electron chi connectivity index (χ0n) is 22.5. The molecule has 39 heavy (non-hydrogen) atoms. The molecule has 0 saturated heterocycles. The number of hydrogen-bond donors (Lipinski definition) is 3. The summed E-state index contributed by atoms with van der Waals surface area (Å²) in [6.07, 6.45) is 0.343. The van der Waals surface area contributed by atoms with Gasteiger partial charge in [0.15, 0.2) is 18.3 Å². The topological polar surface area (TPSA) is 151 Å². The Balaban J connectivity index is 1.57. The number of aliphatic hydroxyl groups is 1. The molecule has 13 heteroatoms. The molecule has 0 spiro atoms. The highest BCUT2D eigenvalue weighted by atomic mass is 32.2. The number of aliphatic hydroxyl groups excluding tert-OH is 1. The number of benzene rings is 2. The van der Waals surface area contributed by atoms with E-state index in [1.807, 2.05) is 13.0 Å². The fourth-order valence-corrected chi connectivity index (χ4v) is 4.48. The zero-order valence-corrected chi connectivity index (χ0v) is 23.3. The van der Waals surface area contributed by atoms with Gasteiger partial charge in [0.2, 0.25) is 15.6 Å². The lowest BCUT2D eigenvalue weighted by Crippen LogP contribution is -2.56. The summed E-state index contributed by atoms with van der Waals surface area (Å²) in [4.78, 5) is 12.9. The van der Waals surface area contributed by atoms with Crippen LogP contribution < -0.4 is 29.0 Å². The van der Waals surface area contributed by atoms with Gasteiger partial charge in [-0.15, -0.1) is 0 Å². The summed E-state index contributed by atoms with van der Waals surface area (Å²) in [6, 6.07) is 11.4. The van der Waals surface area contributed by atoms with Crippen molar-refractivity contribution in [3.63, 3.8) is 0 Å². The van der Waals surface area contributed by atoms with E-state index in [2.05, 4.69) is 10.0 Å². The first-order valence-corrected chi connectivity index (χ1v) is 14.3. The van der Waals surface area contributed by atoms with E-state index < -0.39 is 27.7 Å². The summed E-state index contributed by atoms with van der Waals surface area (Å²) >= 11 is 0. The van der Waals surface area contributed by atoms with E-state index in [1.54, 1.807) is 31.2 Å². The third kappa shape index (κ3) is 8.88. The molecule has 2 aromatic rings. The van der Waals surface area contributed by atoms with Crippen LogP contribution in [0.4, 0.5) is 5.69 Å². The van der Waals surface area contributed by atoms with E-state index in [9.17, 15) is 18.3 Å². The highest BCUT2D eigenvalue weighted by Crippen LogP contribution is 2.37. The van der Waals surface area contributed by atoms with Gasteiger partial charge in [0.05, 0.1) is 18.6 Å². The lowest BCUT2D eigenvalue weighted by molar-refractivity contribution is -0.168. The number of carbonyl (C=O) groups excluding carboxylic acids is 1. The van der Waals surface area contributed by atoms with Crippen molar-refractivity contribution < 1.29 is 46.7 Å². The van der Waals surface area contributed by atoms with Crippen LogP contribution in [-0.2, 0) is 24.3 Å². The Morgan fingerprint density at radius 3 is 2.62 bits per heavy atom. The van der Waals surface area contributed by atoms with Gasteiger partial charge in [0.25, 0.3) is 0 Å². The molecule has 0 fully saturated rings. The number of fused-ring (bicyclic) bond motifs is 1. The fourth-order valence-electron chi connectivity index (χ4n) is 3.92. The summed E-state index contributed by atoms with van der Waals surface area (Å²) in [5.41, 5.74) is -1.16. The highest BCUT2D eigenvalue weighted by Gasteiger charge is 2.47. The Kier molecular flexibility index (Phi) is 10.6. The second-order valence-corrected chi connectivity index (χ2v) is 10.9. The Hall–Kier alpha value is -3.26. The van der Waals surface area contributed by atoms with Crippen molar-refractivity contribution in [1.82, 2.24) is 5.32 Å². The van der Waals surface area contributed by atoms with E-state index in [4.69, 9.17) is 28.4 Å². The summed E-state index contributed by atoms with van der Waals surface area (Å²) in [7, 11) is -2.13. The van der Waals surface area contributed by atoms with Crippen molar-refractivity contribution in [2.75, 3.05) is 51.2 Å². The van der Waals surface area contributed by atoms with Gasteiger partial charge in [-0.25, -0.2) is 13.2 Å². The molecule has 0 radical (unpaired) electrons. The number of nitrogens with one attached hydrogen (secondary N) is 2. The average molecular weight is 569 g/mol. The maximum atomic E-state index is 12.9. The number of ether oxygens (including phenoxy) is 6. The molecule has 3 N–H and O–H groups in total. The van der Waals surface area contributed by atoms with Gasteiger partial charge < -0.3 is 38.8 Å². The normalized spacial score (nSPS) is 18.1. The fraction of sp³-hybridized carbons (Fsp3) is 0.500. The van der Waals surface area contributed by atoms with Crippen molar-refractivity contribution in [3.05, 3.63) is 42.5 Å². The van der Waals surface area contributed by atoms with E-state index in [0.717, 1.165) is 6.26 Å². The molecule has 0 bridgehead atoms. The smallest absolute Gasteiger partial charge is 0.354 e. The molecule has 2 aromatic carbocycles. The van der Waals surface area contributed by atoms with Gasteiger partial charge >= 0.3 is 5.97 Å². The summed E-state index contributed by atoms with van der Waals surface area (Å²) in [6.45, 7) is 3.79. The molecule has 0 amide bonds. The SMILES string of the molecule is CCOC(=O)[C@@]1(C[C@@H](C)NC[C@H](O)COc2ccc(OCOC)c(NS(C)(=O)=O)c2)COc2ccccc2O1. The average Bonchev–Trinajstić information content (AvgIpc) is 2.89. The minimum Gasteiger partial charge on any atom is -0.491 e. The Morgan fingerprint density at radius 1 is 1.18 bits per heavy atom. The molecule has 3 atom stereocenters. The summed E-state index contributed by atoms with van der Waals surface area (Å²) < 4.78 is 58.9. The van der Waals surface area contributed by atoms with Crippen LogP contribution in [0.3, 0.4) is 0 Å². The Labute approximate surface area is 228 Å². The number of esters is 1. The first-order chi connectivity index (χ1) is 18.5. The van der Waals surface area contributed by atoms with Crippen LogP contribution in [0.2, 0.25) is 0 Å². The maximum Gasteiger partial charge on any atom is 0.354 e. The molecule has 12 nitrogen and oxygen atoms in total. The molecule has 1 aliphatic heterocycles. The number of hydrogen-bond acceptors (Lipinski definition) is 11. The molecule has 3 rings (SSSR count). The van der Waals surface area contributed by atoms with Crippen LogP contribution >= 0.6 is 0 Å². The van der Waals surface area contributed by atoms with Crippen LogP contribution in [0, 0.1) is 0 Å². The van der Waals surface area contributed by atoms with Crippen molar-refractivity contribution in [2.24, 2.45) is 0 Å². The lowest BCUT2D eigenvalue weighted by Gasteiger charge is -2.37. The number of carbonyl (C=O) groups is 1. The third-order valence-electron chi connectivity index (χ3n) is 5.62. The van der Waals surface area contributed by atoms with Crippen molar-refractivity contribution >= 4 is 21.7 Å². The summed E-state index contributed by atoms with van der Waals surface area (Å²) in [5, 5.41) is 13.7. The number of sulfonamides is 1. The highest BCUT2D eigenvalue weighted by molar-refractivity contribution is 7.92. The molecule has 0 aliphatic carbocycles. The van der Waals surface area contributed by atoms with Crippen molar-refractivity contribution in [3.8, 4) is 23.0 Å². The van der Waals surface area contributed by atoms with Gasteiger partial charge in [-0.3, -0.25) is 4.72 Å². The second kappa shape index (κ2) is 13.7. The van der Waals surface area contributed by atoms with Crippen molar-refractivity contribution in [1.29, 1.82) is 0 Å². The molecule has 0 unspecified atom stereocenters. The van der Waals surface area contributed by atoms with E-state index >= 15 is 0 Å². The quantitative estimate of drug-likeness (QED) is 0.214. The third-order valence-corrected chi connectivity index (χ3v) is 6.21. The van der Waals surface area contributed by atoms with Gasteiger partial charge in [-0.05, 0) is 38.1 Å². The standard InChI is InChI=1S/C26H36N2O10S/c1-5-34-25(30)26(16-36-23-8-6-7-9-24(23)38-26)13-18(2)27-14-19(29)15-35-20-10-11-22(37-17-33-3)21(12-20)28-39(4,31)32/h6-12,18-19,27-29H,5,13-17H2,1-4H3/t18-,19+,26-/m1/s1. The van der Waals surface area contributed by atoms with Crippen LogP contribution in [0.15, 0.2) is 42.5 Å². The largest absolute Gasteiger partial charge is 0.491 e. The zero-order chi connectivity index (χ0) is 28.5. The first kappa shape index (κ1) is 30.3. The van der Waals surface area contributed by atoms with E-state index in [0.29, 0.717) is 17.2 Å². The number of rotatable bonds is 15. The Bertz CT molecular complexity index is 1210. The van der Waals surface area contributed by atoms with E-state index in [-0.39, 0.29) is 57.1 Å². The van der Waals surface area contributed by atoms with Crippen LogP contribution in [0.5, 0.6) is 23.0 Å². The summed E-state index contributed by atoms with van der Waals surface area (Å²) in [5.74, 6) is 1.08. The van der Waals surface area contributed by atoms with E-state index in [1.165, 1.54) is 19.2 Å². The predicted octanol–water partition coefficient (Wildman–Crippen LogP) is 1.92. The van der Waals surface area contributed by atoms with Gasteiger partial charge in [0.1, 0.15) is 30.8 Å². The molecule has 216 valence electrons. The van der Waals surface area contributed by atoms with Gasteiger partial charge in [0, 0.05) is 32.2 Å². The minimum atomic E-state index is -3.57. The Morgan fingerprint density at radius 2 is 1.92 bits per heavy atom. The van der Waals surface area contributed by atoms with Crippen molar-refractivity contribution in [2.45, 2.75) is 38.0 Å². The van der Waals surface area contributed by atoms with Crippen LogP contribution in [-0.4, -0.2) is 83.8 Å². The number of methoxy groups -OCH3 is 1. The molecular weight excluding hydrogens is 532 g/mol. The lowest BCUT2D eigenvalue weighted by atomic mass is 9.94. The molecule has 1 aliphatic rings. The maximum absolute atomic E-state index is 12.9. The number of para-hydroxylation sites is 2. The predicted molar refractivity (Wildman–Crippen MR) is 143 cm³/mol. The second-order valence-electron chi connectivity index (χ2n) is 9.11. The molecular formula is C26H36N2O10S. The number of anilines is 1. The van der Waals surface area contributed by atoms with Gasteiger partial charge in [-0.1, -0.05) is 12.1 Å². The van der Waals surface area contributed by atoms with Crippen LogP contribution in [0.1, 0.15) is 20.3 Å².